The van der Waals surface area contributed by atoms with Crippen molar-refractivity contribution < 1.29 is 4.79 Å². The van der Waals surface area contributed by atoms with Crippen LogP contribution >= 0.6 is 0 Å². The summed E-state index contributed by atoms with van der Waals surface area (Å²) in [6, 6.07) is 23.1. The number of hydrogen-bond acceptors (Lipinski definition) is 3. The second-order valence-corrected chi connectivity index (χ2v) is 8.89. The Hall–Kier alpha value is -3.64. The molecule has 1 saturated heterocycles. The fourth-order valence-electron chi connectivity index (χ4n) is 4.57. The number of anilines is 1. The first kappa shape index (κ1) is 21.2. The molecular weight excluding hydrogens is 410 g/mol. The average Bonchev–Trinajstić information content (AvgIpc) is 3.21. The zero-order chi connectivity index (χ0) is 22.8. The molecule has 1 aliphatic rings. The molecule has 0 atom stereocenters. The van der Waals surface area contributed by atoms with Gasteiger partial charge in [-0.3, -0.25) is 15.3 Å². The molecule has 2 amide bonds. The number of carbonyl (C=O) groups is 1. The van der Waals surface area contributed by atoms with Crippen LogP contribution in [0.1, 0.15) is 16.7 Å². The molecule has 1 aliphatic heterocycles. The summed E-state index contributed by atoms with van der Waals surface area (Å²) in [4.78, 5) is 17.1. The zero-order valence-corrected chi connectivity index (χ0v) is 19.1. The van der Waals surface area contributed by atoms with E-state index >= 15 is 0 Å². The van der Waals surface area contributed by atoms with Gasteiger partial charge in [-0.15, -0.1) is 0 Å². The van der Waals surface area contributed by atoms with Crippen LogP contribution in [0.25, 0.3) is 22.0 Å². The SMILES string of the molecule is Cc1cc(C)cc(-c2ccc3c(NC(=O)N4CCN(Cc5ccccc5)CC4)n[nH]c3c2)c1. The Labute approximate surface area is 194 Å². The van der Waals surface area contributed by atoms with Crippen molar-refractivity contribution >= 4 is 22.8 Å². The van der Waals surface area contributed by atoms with E-state index < -0.39 is 0 Å². The van der Waals surface area contributed by atoms with Gasteiger partial charge in [0.2, 0.25) is 0 Å². The van der Waals surface area contributed by atoms with Crippen molar-refractivity contribution in [1.82, 2.24) is 20.0 Å². The lowest BCUT2D eigenvalue weighted by Gasteiger charge is -2.34. The molecule has 5 rings (SSSR count). The number of fused-ring (bicyclic) bond motifs is 1. The van der Waals surface area contributed by atoms with Gasteiger partial charge in [0, 0.05) is 38.1 Å². The number of aromatic amines is 1. The summed E-state index contributed by atoms with van der Waals surface area (Å²) >= 11 is 0. The monoisotopic (exact) mass is 439 g/mol. The van der Waals surface area contributed by atoms with E-state index in [4.69, 9.17) is 0 Å². The molecule has 0 spiro atoms. The topological polar surface area (TPSA) is 64.3 Å². The third-order valence-electron chi connectivity index (χ3n) is 6.25. The number of piperazine rings is 1. The van der Waals surface area contributed by atoms with Crippen molar-refractivity contribution in [2.75, 3.05) is 31.5 Å². The Kier molecular flexibility index (Phi) is 5.84. The van der Waals surface area contributed by atoms with E-state index in [1.807, 2.05) is 17.0 Å². The minimum atomic E-state index is -0.0962. The standard InChI is InChI=1S/C27H29N5O/c1-19-14-20(2)16-23(15-19)22-8-9-24-25(17-22)29-30-26(24)28-27(33)32-12-10-31(11-13-32)18-21-6-4-3-5-7-21/h3-9,14-17H,10-13,18H2,1-2H3,(H2,28,29,30,33). The normalized spacial score (nSPS) is 14.5. The van der Waals surface area contributed by atoms with Gasteiger partial charge in [0.05, 0.1) is 5.52 Å². The Bertz CT molecular complexity index is 1250. The van der Waals surface area contributed by atoms with Crippen LogP contribution in [0.4, 0.5) is 10.6 Å². The van der Waals surface area contributed by atoms with Crippen molar-refractivity contribution in [2.24, 2.45) is 0 Å². The summed E-state index contributed by atoms with van der Waals surface area (Å²) < 4.78 is 0. The van der Waals surface area contributed by atoms with Crippen molar-refractivity contribution in [3.05, 3.63) is 83.4 Å². The highest BCUT2D eigenvalue weighted by Crippen LogP contribution is 2.28. The second kappa shape index (κ2) is 9.08. The number of hydrogen-bond donors (Lipinski definition) is 2. The Morgan fingerprint density at radius 1 is 0.909 bits per heavy atom. The van der Waals surface area contributed by atoms with Crippen LogP contribution in [-0.2, 0) is 6.54 Å². The highest BCUT2D eigenvalue weighted by Gasteiger charge is 2.22. The number of H-pyrrole nitrogens is 1. The van der Waals surface area contributed by atoms with Gasteiger partial charge >= 0.3 is 6.03 Å². The largest absolute Gasteiger partial charge is 0.323 e. The number of amides is 2. The molecule has 4 aromatic rings. The van der Waals surface area contributed by atoms with Crippen molar-refractivity contribution in [2.45, 2.75) is 20.4 Å². The minimum Gasteiger partial charge on any atom is -0.322 e. The van der Waals surface area contributed by atoms with E-state index in [1.165, 1.54) is 22.3 Å². The molecule has 1 fully saturated rings. The highest BCUT2D eigenvalue weighted by atomic mass is 16.2. The van der Waals surface area contributed by atoms with Gasteiger partial charge in [0.1, 0.15) is 0 Å². The van der Waals surface area contributed by atoms with Crippen molar-refractivity contribution in [3.8, 4) is 11.1 Å². The van der Waals surface area contributed by atoms with Crippen LogP contribution < -0.4 is 5.32 Å². The first-order valence-corrected chi connectivity index (χ1v) is 11.4. The lowest BCUT2D eigenvalue weighted by atomic mass is 10.00. The van der Waals surface area contributed by atoms with Gasteiger partial charge in [0.25, 0.3) is 0 Å². The third kappa shape index (κ3) is 4.76. The molecule has 6 heteroatoms. The van der Waals surface area contributed by atoms with Crippen molar-refractivity contribution in [3.63, 3.8) is 0 Å². The van der Waals surface area contributed by atoms with Gasteiger partial charge in [-0.1, -0.05) is 65.7 Å². The number of benzene rings is 3. The van der Waals surface area contributed by atoms with Gasteiger partial charge < -0.3 is 4.90 Å². The summed E-state index contributed by atoms with van der Waals surface area (Å²) in [5, 5.41) is 11.4. The lowest BCUT2D eigenvalue weighted by Crippen LogP contribution is -2.49. The van der Waals surface area contributed by atoms with Gasteiger partial charge in [-0.2, -0.15) is 5.10 Å². The predicted octanol–water partition coefficient (Wildman–Crippen LogP) is 5.20. The number of aromatic nitrogens is 2. The van der Waals surface area contributed by atoms with Crippen LogP contribution in [0.15, 0.2) is 66.7 Å². The zero-order valence-electron chi connectivity index (χ0n) is 19.1. The molecule has 0 unspecified atom stereocenters. The summed E-state index contributed by atoms with van der Waals surface area (Å²) in [5.41, 5.74) is 7.01. The minimum absolute atomic E-state index is 0.0962. The van der Waals surface area contributed by atoms with E-state index in [0.717, 1.165) is 36.1 Å². The van der Waals surface area contributed by atoms with Crippen LogP contribution in [0.3, 0.4) is 0 Å². The van der Waals surface area contributed by atoms with Gasteiger partial charge in [-0.05, 0) is 42.7 Å². The van der Waals surface area contributed by atoms with Gasteiger partial charge in [0.15, 0.2) is 5.82 Å². The van der Waals surface area contributed by atoms with Crippen LogP contribution in [-0.4, -0.2) is 52.2 Å². The van der Waals surface area contributed by atoms with E-state index in [1.54, 1.807) is 0 Å². The predicted molar refractivity (Wildman–Crippen MR) is 133 cm³/mol. The van der Waals surface area contributed by atoms with E-state index in [0.29, 0.717) is 18.9 Å². The quantitative estimate of drug-likeness (QED) is 0.460. The number of rotatable bonds is 4. The Morgan fingerprint density at radius 3 is 2.36 bits per heavy atom. The molecule has 0 saturated carbocycles. The number of aryl methyl sites for hydroxylation is 2. The molecule has 0 radical (unpaired) electrons. The molecule has 2 N–H and O–H groups in total. The lowest BCUT2D eigenvalue weighted by molar-refractivity contribution is 0.143. The molecule has 0 bridgehead atoms. The molecule has 2 heterocycles. The maximum Gasteiger partial charge on any atom is 0.323 e. The average molecular weight is 440 g/mol. The number of nitrogens with one attached hydrogen (secondary N) is 2. The Balaban J connectivity index is 1.23. The molecular formula is C27H29N5O. The first-order valence-electron chi connectivity index (χ1n) is 11.4. The number of carbonyl (C=O) groups excluding carboxylic acids is 1. The molecule has 6 nitrogen and oxygen atoms in total. The van der Waals surface area contributed by atoms with E-state index in [2.05, 4.69) is 88.9 Å². The maximum absolute atomic E-state index is 12.9. The fourth-order valence-corrected chi connectivity index (χ4v) is 4.57. The van der Waals surface area contributed by atoms with Crippen molar-refractivity contribution in [1.29, 1.82) is 0 Å². The molecule has 33 heavy (non-hydrogen) atoms. The van der Waals surface area contributed by atoms with E-state index in [9.17, 15) is 4.79 Å². The third-order valence-corrected chi connectivity index (χ3v) is 6.25. The number of urea groups is 1. The molecule has 1 aromatic heterocycles. The summed E-state index contributed by atoms with van der Waals surface area (Å²) in [6.07, 6.45) is 0. The molecule has 3 aromatic carbocycles. The summed E-state index contributed by atoms with van der Waals surface area (Å²) in [6.45, 7) is 8.28. The number of nitrogens with zero attached hydrogens (tertiary/aromatic N) is 3. The highest BCUT2D eigenvalue weighted by molar-refractivity contribution is 6.00. The Morgan fingerprint density at radius 2 is 1.64 bits per heavy atom. The first-order chi connectivity index (χ1) is 16.0. The van der Waals surface area contributed by atoms with Gasteiger partial charge in [-0.25, -0.2) is 4.79 Å². The summed E-state index contributed by atoms with van der Waals surface area (Å²) in [7, 11) is 0. The maximum atomic E-state index is 12.9. The smallest absolute Gasteiger partial charge is 0.322 e. The van der Waals surface area contributed by atoms with Crippen LogP contribution in [0, 0.1) is 13.8 Å². The molecule has 0 aliphatic carbocycles. The second-order valence-electron chi connectivity index (χ2n) is 8.89. The molecule has 168 valence electrons. The van der Waals surface area contributed by atoms with Crippen LogP contribution in [0.2, 0.25) is 0 Å². The van der Waals surface area contributed by atoms with Crippen LogP contribution in [0.5, 0.6) is 0 Å². The van der Waals surface area contributed by atoms with E-state index in [-0.39, 0.29) is 6.03 Å². The summed E-state index contributed by atoms with van der Waals surface area (Å²) in [5.74, 6) is 0.577. The fraction of sp³-hybridized carbons (Fsp3) is 0.259.